The van der Waals surface area contributed by atoms with Crippen LogP contribution in [-0.2, 0) is 0 Å². The van der Waals surface area contributed by atoms with Crippen molar-refractivity contribution in [1.29, 1.82) is 0 Å². The third-order valence-electron chi connectivity index (χ3n) is 2.94. The molecule has 0 saturated heterocycles. The Labute approximate surface area is 118 Å². The molecule has 20 heavy (non-hydrogen) atoms. The van der Waals surface area contributed by atoms with Crippen molar-refractivity contribution >= 4 is 11.6 Å². The van der Waals surface area contributed by atoms with E-state index in [0.29, 0.717) is 5.56 Å². The first-order valence-corrected chi connectivity index (χ1v) is 6.54. The number of amides is 1. The SMILES string of the molecule is CC/C(=N/NC(=O)c1cccnc1)c1ccc(C)cc1. The van der Waals surface area contributed by atoms with E-state index in [2.05, 4.69) is 15.5 Å². The Hall–Kier alpha value is -2.49. The molecular weight excluding hydrogens is 250 g/mol. The average Bonchev–Trinajstić information content (AvgIpc) is 2.50. The Morgan fingerprint density at radius 3 is 2.55 bits per heavy atom. The maximum Gasteiger partial charge on any atom is 0.272 e. The average molecular weight is 267 g/mol. The summed E-state index contributed by atoms with van der Waals surface area (Å²) in [6, 6.07) is 11.5. The summed E-state index contributed by atoms with van der Waals surface area (Å²) in [7, 11) is 0. The molecule has 1 aromatic heterocycles. The first-order chi connectivity index (χ1) is 9.70. The van der Waals surface area contributed by atoms with E-state index in [4.69, 9.17) is 0 Å². The molecule has 102 valence electrons. The highest BCUT2D eigenvalue weighted by Crippen LogP contribution is 2.07. The van der Waals surface area contributed by atoms with Crippen LogP contribution in [0.3, 0.4) is 0 Å². The Morgan fingerprint density at radius 2 is 1.95 bits per heavy atom. The Kier molecular flexibility index (Phi) is 4.60. The zero-order valence-corrected chi connectivity index (χ0v) is 11.6. The van der Waals surface area contributed by atoms with Gasteiger partial charge in [-0.25, -0.2) is 5.43 Å². The number of pyridine rings is 1. The number of rotatable bonds is 4. The summed E-state index contributed by atoms with van der Waals surface area (Å²) >= 11 is 0. The molecule has 1 amide bonds. The molecule has 0 atom stereocenters. The van der Waals surface area contributed by atoms with Crippen LogP contribution >= 0.6 is 0 Å². The minimum atomic E-state index is -0.254. The van der Waals surface area contributed by atoms with Gasteiger partial charge in [0.1, 0.15) is 0 Å². The zero-order chi connectivity index (χ0) is 14.4. The van der Waals surface area contributed by atoms with Crippen LogP contribution in [0.1, 0.15) is 34.8 Å². The van der Waals surface area contributed by atoms with E-state index in [1.807, 2.05) is 38.1 Å². The van der Waals surface area contributed by atoms with Gasteiger partial charge in [-0.1, -0.05) is 36.8 Å². The van der Waals surface area contributed by atoms with E-state index in [1.54, 1.807) is 18.3 Å². The van der Waals surface area contributed by atoms with Crippen molar-refractivity contribution in [3.8, 4) is 0 Å². The molecule has 2 rings (SSSR count). The highest BCUT2D eigenvalue weighted by Gasteiger charge is 2.05. The minimum absolute atomic E-state index is 0.254. The molecule has 0 spiro atoms. The molecule has 1 N–H and O–H groups in total. The summed E-state index contributed by atoms with van der Waals surface area (Å²) in [5, 5.41) is 4.21. The predicted molar refractivity (Wildman–Crippen MR) is 79.7 cm³/mol. The van der Waals surface area contributed by atoms with Crippen LogP contribution in [0.15, 0.2) is 53.9 Å². The summed E-state index contributed by atoms with van der Waals surface area (Å²) in [4.78, 5) is 15.8. The number of hydrogen-bond donors (Lipinski definition) is 1. The van der Waals surface area contributed by atoms with E-state index in [0.717, 1.165) is 17.7 Å². The van der Waals surface area contributed by atoms with Gasteiger partial charge in [0.2, 0.25) is 0 Å². The zero-order valence-electron chi connectivity index (χ0n) is 11.6. The van der Waals surface area contributed by atoms with E-state index in [1.165, 1.54) is 11.8 Å². The Balaban J connectivity index is 2.12. The molecule has 2 aromatic rings. The highest BCUT2D eigenvalue weighted by molar-refractivity contribution is 6.02. The molecule has 0 fully saturated rings. The van der Waals surface area contributed by atoms with Gasteiger partial charge >= 0.3 is 0 Å². The summed E-state index contributed by atoms with van der Waals surface area (Å²) in [5.74, 6) is -0.254. The molecule has 4 nitrogen and oxygen atoms in total. The van der Waals surface area contributed by atoms with E-state index >= 15 is 0 Å². The Morgan fingerprint density at radius 1 is 1.20 bits per heavy atom. The second kappa shape index (κ2) is 6.61. The number of hydrazone groups is 1. The van der Waals surface area contributed by atoms with Crippen molar-refractivity contribution in [3.63, 3.8) is 0 Å². The van der Waals surface area contributed by atoms with Crippen LogP contribution in [-0.4, -0.2) is 16.6 Å². The largest absolute Gasteiger partial charge is 0.272 e. The van der Waals surface area contributed by atoms with Gasteiger partial charge in [0.25, 0.3) is 5.91 Å². The maximum absolute atomic E-state index is 11.9. The van der Waals surface area contributed by atoms with Crippen LogP contribution in [0.2, 0.25) is 0 Å². The van der Waals surface area contributed by atoms with Crippen LogP contribution in [0, 0.1) is 6.92 Å². The van der Waals surface area contributed by atoms with Crippen molar-refractivity contribution in [1.82, 2.24) is 10.4 Å². The molecule has 1 aromatic carbocycles. The molecule has 4 heteroatoms. The molecule has 0 aliphatic carbocycles. The van der Waals surface area contributed by atoms with Crippen molar-refractivity contribution in [3.05, 3.63) is 65.5 Å². The van der Waals surface area contributed by atoms with Gasteiger partial charge in [0, 0.05) is 12.4 Å². The van der Waals surface area contributed by atoms with Crippen molar-refractivity contribution < 1.29 is 4.79 Å². The normalized spacial score (nSPS) is 11.2. The summed E-state index contributed by atoms with van der Waals surface area (Å²) in [6.07, 6.45) is 3.89. The monoisotopic (exact) mass is 267 g/mol. The second-order valence-electron chi connectivity index (χ2n) is 4.46. The molecule has 0 aliphatic heterocycles. The molecule has 0 bridgehead atoms. The fourth-order valence-electron chi connectivity index (χ4n) is 1.77. The number of aryl methyl sites for hydroxylation is 1. The summed E-state index contributed by atoms with van der Waals surface area (Å²) in [6.45, 7) is 4.05. The number of hydrogen-bond acceptors (Lipinski definition) is 3. The Bertz CT molecular complexity index is 603. The number of nitrogens with one attached hydrogen (secondary N) is 1. The molecule has 0 saturated carbocycles. The van der Waals surface area contributed by atoms with Gasteiger partial charge in [-0.15, -0.1) is 0 Å². The smallest absolute Gasteiger partial charge is 0.267 e. The second-order valence-corrected chi connectivity index (χ2v) is 4.46. The number of benzene rings is 1. The van der Waals surface area contributed by atoms with Crippen LogP contribution < -0.4 is 5.43 Å². The molecular formula is C16H17N3O. The lowest BCUT2D eigenvalue weighted by Crippen LogP contribution is -2.20. The number of carbonyl (C=O) groups excluding carboxylic acids is 1. The van der Waals surface area contributed by atoms with Gasteiger partial charge < -0.3 is 0 Å². The number of nitrogens with zero attached hydrogens (tertiary/aromatic N) is 2. The topological polar surface area (TPSA) is 54.4 Å². The lowest BCUT2D eigenvalue weighted by Gasteiger charge is -2.05. The fraction of sp³-hybridized carbons (Fsp3) is 0.188. The summed E-state index contributed by atoms with van der Waals surface area (Å²) < 4.78 is 0. The lowest BCUT2D eigenvalue weighted by molar-refractivity contribution is 0.0954. The number of carbonyl (C=O) groups is 1. The van der Waals surface area contributed by atoms with Crippen molar-refractivity contribution in [2.45, 2.75) is 20.3 Å². The van der Waals surface area contributed by atoms with Crippen LogP contribution in [0.5, 0.6) is 0 Å². The van der Waals surface area contributed by atoms with Crippen molar-refractivity contribution in [2.75, 3.05) is 0 Å². The molecule has 0 aliphatic rings. The maximum atomic E-state index is 11.9. The number of aromatic nitrogens is 1. The first-order valence-electron chi connectivity index (χ1n) is 6.54. The first kappa shape index (κ1) is 13.9. The van der Waals surface area contributed by atoms with E-state index in [-0.39, 0.29) is 5.91 Å². The molecule has 0 radical (unpaired) electrons. The van der Waals surface area contributed by atoms with Crippen molar-refractivity contribution in [2.24, 2.45) is 5.10 Å². The van der Waals surface area contributed by atoms with E-state index in [9.17, 15) is 4.79 Å². The van der Waals surface area contributed by atoms with E-state index < -0.39 is 0 Å². The van der Waals surface area contributed by atoms with Crippen LogP contribution in [0.4, 0.5) is 0 Å². The quantitative estimate of drug-likeness (QED) is 0.684. The van der Waals surface area contributed by atoms with Gasteiger partial charge in [0.05, 0.1) is 11.3 Å². The summed E-state index contributed by atoms with van der Waals surface area (Å²) in [5.41, 5.74) is 6.13. The van der Waals surface area contributed by atoms with Gasteiger partial charge in [-0.3, -0.25) is 9.78 Å². The molecule has 1 heterocycles. The van der Waals surface area contributed by atoms with Gasteiger partial charge in [0.15, 0.2) is 0 Å². The third kappa shape index (κ3) is 3.51. The third-order valence-corrected chi connectivity index (χ3v) is 2.94. The lowest BCUT2D eigenvalue weighted by atomic mass is 10.1. The molecule has 0 unspecified atom stereocenters. The fourth-order valence-corrected chi connectivity index (χ4v) is 1.77. The standard InChI is InChI=1S/C16H17N3O/c1-3-15(13-8-6-12(2)7-9-13)18-19-16(20)14-5-4-10-17-11-14/h4-11H,3H2,1-2H3,(H,19,20)/b18-15-. The predicted octanol–water partition coefficient (Wildman–Crippen LogP) is 2.93. The van der Waals surface area contributed by atoms with Gasteiger partial charge in [-0.2, -0.15) is 5.10 Å². The van der Waals surface area contributed by atoms with Gasteiger partial charge in [-0.05, 0) is 31.0 Å². The van der Waals surface area contributed by atoms with Crippen LogP contribution in [0.25, 0.3) is 0 Å². The minimum Gasteiger partial charge on any atom is -0.267 e. The highest BCUT2D eigenvalue weighted by atomic mass is 16.2.